The summed E-state index contributed by atoms with van der Waals surface area (Å²) in [6, 6.07) is -0.762. The van der Waals surface area contributed by atoms with Crippen LogP contribution in [0.4, 0.5) is 13.2 Å². The predicted octanol–water partition coefficient (Wildman–Crippen LogP) is 0.349. The molecular formula is C12H22F3N3O2. The fourth-order valence-corrected chi connectivity index (χ4v) is 2.07. The molecule has 20 heavy (non-hydrogen) atoms. The summed E-state index contributed by atoms with van der Waals surface area (Å²) in [5.41, 5.74) is 5.20. The van der Waals surface area contributed by atoms with Crippen LogP contribution in [-0.4, -0.2) is 61.9 Å². The van der Waals surface area contributed by atoms with Gasteiger partial charge in [-0.05, 0) is 13.8 Å². The van der Waals surface area contributed by atoms with Crippen LogP contribution in [-0.2, 0) is 9.53 Å². The van der Waals surface area contributed by atoms with Gasteiger partial charge in [-0.1, -0.05) is 0 Å². The number of halogens is 3. The molecule has 0 aromatic rings. The summed E-state index contributed by atoms with van der Waals surface area (Å²) in [6.07, 6.45) is -4.36. The van der Waals surface area contributed by atoms with E-state index in [0.29, 0.717) is 13.2 Å². The highest BCUT2D eigenvalue weighted by Crippen LogP contribution is 2.27. The zero-order valence-corrected chi connectivity index (χ0v) is 11.7. The molecule has 8 heteroatoms. The number of ether oxygens (including phenoxy) is 1. The molecule has 0 aromatic carbocycles. The lowest BCUT2D eigenvalue weighted by Crippen LogP contribution is -2.57. The van der Waals surface area contributed by atoms with Gasteiger partial charge in [0.05, 0.1) is 19.1 Å². The van der Waals surface area contributed by atoms with Crippen molar-refractivity contribution in [2.45, 2.75) is 32.1 Å². The number of nitrogens with zero attached hydrogens (tertiary/aromatic N) is 1. The lowest BCUT2D eigenvalue weighted by atomic mass is 10.1. The number of hydrogen-bond acceptors (Lipinski definition) is 4. The van der Waals surface area contributed by atoms with Crippen molar-refractivity contribution in [2.75, 3.05) is 32.8 Å². The van der Waals surface area contributed by atoms with E-state index in [0.717, 1.165) is 0 Å². The number of hydrogen-bond donors (Lipinski definition) is 2. The molecule has 1 amide bonds. The average molecular weight is 297 g/mol. The molecule has 1 saturated heterocycles. The number of nitrogens with one attached hydrogen (secondary N) is 1. The molecule has 118 valence electrons. The van der Waals surface area contributed by atoms with Crippen LogP contribution in [0, 0.1) is 5.92 Å². The van der Waals surface area contributed by atoms with Crippen molar-refractivity contribution in [2.24, 2.45) is 11.7 Å². The Balaban J connectivity index is 2.71. The van der Waals surface area contributed by atoms with Gasteiger partial charge in [0.1, 0.15) is 6.04 Å². The summed E-state index contributed by atoms with van der Waals surface area (Å²) in [5, 5.41) is 2.70. The zero-order valence-electron chi connectivity index (χ0n) is 11.7. The number of amides is 1. The van der Waals surface area contributed by atoms with E-state index in [1.165, 1.54) is 4.90 Å². The average Bonchev–Trinajstić information content (AvgIpc) is 2.34. The van der Waals surface area contributed by atoms with Crippen molar-refractivity contribution in [1.29, 1.82) is 0 Å². The van der Waals surface area contributed by atoms with Gasteiger partial charge < -0.3 is 15.8 Å². The Labute approximate surface area is 116 Å². The van der Waals surface area contributed by atoms with E-state index >= 15 is 0 Å². The molecule has 1 heterocycles. The molecule has 1 aliphatic heterocycles. The third kappa shape index (κ3) is 4.92. The van der Waals surface area contributed by atoms with Crippen LogP contribution in [0.1, 0.15) is 13.8 Å². The zero-order chi connectivity index (χ0) is 15.3. The molecule has 2 unspecified atom stereocenters. The minimum atomic E-state index is -4.36. The van der Waals surface area contributed by atoms with Crippen LogP contribution < -0.4 is 11.1 Å². The van der Waals surface area contributed by atoms with Crippen molar-refractivity contribution in [3.8, 4) is 0 Å². The lowest BCUT2D eigenvalue weighted by Gasteiger charge is -2.37. The largest absolute Gasteiger partial charge is 0.394 e. The maximum Gasteiger partial charge on any atom is 0.394 e. The summed E-state index contributed by atoms with van der Waals surface area (Å²) >= 11 is 0. The highest BCUT2D eigenvalue weighted by Gasteiger charge is 2.42. The van der Waals surface area contributed by atoms with Crippen LogP contribution in [0.25, 0.3) is 0 Å². The van der Waals surface area contributed by atoms with E-state index in [4.69, 9.17) is 10.5 Å². The van der Waals surface area contributed by atoms with Crippen LogP contribution >= 0.6 is 0 Å². The van der Waals surface area contributed by atoms with Gasteiger partial charge >= 0.3 is 6.18 Å². The third-order valence-electron chi connectivity index (χ3n) is 3.18. The van der Waals surface area contributed by atoms with Crippen LogP contribution in [0.3, 0.4) is 0 Å². The second-order valence-electron chi connectivity index (χ2n) is 5.22. The van der Waals surface area contributed by atoms with Crippen molar-refractivity contribution in [1.82, 2.24) is 10.2 Å². The fourth-order valence-electron chi connectivity index (χ4n) is 2.07. The van der Waals surface area contributed by atoms with Gasteiger partial charge in [0.25, 0.3) is 0 Å². The SMILES string of the molecule is CC(C)NC(=O)C1COCCN1CC(CN)C(F)(F)F. The molecule has 5 nitrogen and oxygen atoms in total. The van der Waals surface area contributed by atoms with Crippen LogP contribution in [0.5, 0.6) is 0 Å². The van der Waals surface area contributed by atoms with Crippen LogP contribution in [0.2, 0.25) is 0 Å². The molecule has 0 radical (unpaired) electrons. The molecule has 1 aliphatic rings. The van der Waals surface area contributed by atoms with Gasteiger partial charge in [0.15, 0.2) is 0 Å². The molecule has 0 bridgehead atoms. The Hall–Kier alpha value is -0.860. The second kappa shape index (κ2) is 7.24. The molecule has 0 saturated carbocycles. The standard InChI is InChI=1S/C12H22F3N3O2/c1-8(2)17-11(19)10-7-20-4-3-18(10)6-9(5-16)12(13,14)15/h8-10H,3-7,16H2,1-2H3,(H,17,19). The van der Waals surface area contributed by atoms with Crippen LogP contribution in [0.15, 0.2) is 0 Å². The number of rotatable bonds is 5. The smallest absolute Gasteiger partial charge is 0.378 e. The number of carbonyl (C=O) groups excluding carboxylic acids is 1. The normalized spacial score (nSPS) is 22.9. The van der Waals surface area contributed by atoms with E-state index in [-0.39, 0.29) is 25.1 Å². The Bertz CT molecular complexity index is 324. The molecule has 0 spiro atoms. The first kappa shape index (κ1) is 17.2. The van der Waals surface area contributed by atoms with Gasteiger partial charge in [-0.2, -0.15) is 13.2 Å². The molecule has 1 fully saturated rings. The number of alkyl halides is 3. The predicted molar refractivity (Wildman–Crippen MR) is 68.1 cm³/mol. The quantitative estimate of drug-likeness (QED) is 0.768. The van der Waals surface area contributed by atoms with Gasteiger partial charge in [0.2, 0.25) is 5.91 Å². The summed E-state index contributed by atoms with van der Waals surface area (Å²) in [4.78, 5) is 13.5. The van der Waals surface area contributed by atoms with E-state index in [2.05, 4.69) is 5.32 Å². The van der Waals surface area contributed by atoms with E-state index in [1.54, 1.807) is 13.8 Å². The van der Waals surface area contributed by atoms with E-state index < -0.39 is 24.7 Å². The molecule has 1 rings (SSSR count). The van der Waals surface area contributed by atoms with Crippen molar-refractivity contribution in [3.63, 3.8) is 0 Å². The summed E-state index contributed by atoms with van der Waals surface area (Å²) in [7, 11) is 0. The number of nitrogens with two attached hydrogens (primary N) is 1. The first-order chi connectivity index (χ1) is 9.25. The van der Waals surface area contributed by atoms with Crippen molar-refractivity contribution >= 4 is 5.91 Å². The first-order valence-electron chi connectivity index (χ1n) is 6.64. The minimum absolute atomic E-state index is 0.0702. The number of carbonyl (C=O) groups is 1. The summed E-state index contributed by atoms with van der Waals surface area (Å²) < 4.78 is 43.5. The maximum atomic E-state index is 12.8. The Kier molecular flexibility index (Phi) is 6.22. The highest BCUT2D eigenvalue weighted by atomic mass is 19.4. The van der Waals surface area contributed by atoms with E-state index in [1.807, 2.05) is 0 Å². The Morgan fingerprint density at radius 1 is 1.50 bits per heavy atom. The van der Waals surface area contributed by atoms with Crippen molar-refractivity contribution < 1.29 is 22.7 Å². The summed E-state index contributed by atoms with van der Waals surface area (Å²) in [5.74, 6) is -1.94. The molecule has 0 aliphatic carbocycles. The van der Waals surface area contributed by atoms with E-state index in [9.17, 15) is 18.0 Å². The lowest BCUT2D eigenvalue weighted by molar-refractivity contribution is -0.182. The van der Waals surface area contributed by atoms with Gasteiger partial charge in [-0.3, -0.25) is 9.69 Å². The molecule has 2 atom stereocenters. The van der Waals surface area contributed by atoms with Gasteiger partial charge in [0, 0.05) is 25.7 Å². The third-order valence-corrected chi connectivity index (χ3v) is 3.18. The number of morpholine rings is 1. The molecule has 3 N–H and O–H groups in total. The summed E-state index contributed by atoms with van der Waals surface area (Å²) in [6.45, 7) is 3.55. The highest BCUT2D eigenvalue weighted by molar-refractivity contribution is 5.82. The Morgan fingerprint density at radius 2 is 2.15 bits per heavy atom. The molecular weight excluding hydrogens is 275 g/mol. The topological polar surface area (TPSA) is 67.6 Å². The van der Waals surface area contributed by atoms with Crippen molar-refractivity contribution in [3.05, 3.63) is 0 Å². The monoisotopic (exact) mass is 297 g/mol. The first-order valence-corrected chi connectivity index (χ1v) is 6.64. The van der Waals surface area contributed by atoms with Gasteiger partial charge in [-0.25, -0.2) is 0 Å². The maximum absolute atomic E-state index is 12.8. The minimum Gasteiger partial charge on any atom is -0.378 e. The fraction of sp³-hybridized carbons (Fsp3) is 0.917. The second-order valence-corrected chi connectivity index (χ2v) is 5.22. The Morgan fingerprint density at radius 3 is 2.65 bits per heavy atom. The van der Waals surface area contributed by atoms with Gasteiger partial charge in [-0.15, -0.1) is 0 Å². The molecule has 0 aromatic heterocycles.